The first-order valence-corrected chi connectivity index (χ1v) is 26.1. The Kier molecular flexibility index (Phi) is 19.8. The molecule has 0 aliphatic carbocycles. The lowest BCUT2D eigenvalue weighted by molar-refractivity contribution is -0.221. The maximum absolute atomic E-state index is 16.2. The molecule has 2 aromatic carbocycles. The molecule has 0 spiro atoms. The first kappa shape index (κ1) is 63.8. The normalized spacial score (nSPS) is 18.2. The quantitative estimate of drug-likeness (QED) is 0.0241. The van der Waals surface area contributed by atoms with Crippen LogP contribution in [0.25, 0.3) is 11.3 Å². The Balaban J connectivity index is 1.23. The summed E-state index contributed by atoms with van der Waals surface area (Å²) in [6.45, 7) is 0.633. The summed E-state index contributed by atoms with van der Waals surface area (Å²) in [6.07, 6.45) is -9.85. The van der Waals surface area contributed by atoms with Gasteiger partial charge in [0.05, 0.1) is 68.1 Å². The Labute approximate surface area is 475 Å². The van der Waals surface area contributed by atoms with E-state index in [0.717, 1.165) is 72.6 Å². The van der Waals surface area contributed by atoms with Crippen molar-refractivity contribution in [2.75, 3.05) is 52.0 Å². The number of esters is 1. The number of amides is 4. The van der Waals surface area contributed by atoms with Crippen LogP contribution in [0, 0.1) is 34.3 Å². The molecular weight excluding hydrogens is 1140 g/mol. The number of piperazine rings is 1. The fourth-order valence-corrected chi connectivity index (χ4v) is 9.87. The number of aromatic nitrogens is 4. The monoisotopic (exact) mass is 1200 g/mol. The molecule has 3 saturated heterocycles. The highest BCUT2D eigenvalue weighted by atomic mass is 19.4. The molecule has 456 valence electrons. The molecule has 3 fully saturated rings. The number of hydrazine groups is 1. The van der Waals surface area contributed by atoms with E-state index in [1.54, 1.807) is 17.7 Å². The molecule has 5 heterocycles. The van der Waals surface area contributed by atoms with Crippen LogP contribution in [0.15, 0.2) is 61.1 Å². The Morgan fingerprint density at radius 3 is 1.77 bits per heavy atom. The molecule has 7 rings (SSSR count). The first-order chi connectivity index (χ1) is 39.4. The number of alkyl carbamates (subject to hydrolysis) is 2. The van der Waals surface area contributed by atoms with Crippen molar-refractivity contribution in [1.82, 2.24) is 51.0 Å². The van der Waals surface area contributed by atoms with Crippen LogP contribution in [0.4, 0.5) is 59.4 Å². The summed E-state index contributed by atoms with van der Waals surface area (Å²) in [4.78, 5) is 80.4. The van der Waals surface area contributed by atoms with Crippen molar-refractivity contribution < 1.29 is 86.8 Å². The lowest BCUT2D eigenvalue weighted by atomic mass is 9.82. The number of hydrogen-bond acceptors (Lipinski definition) is 15. The second kappa shape index (κ2) is 26.0. The maximum atomic E-state index is 16.2. The van der Waals surface area contributed by atoms with Crippen LogP contribution >= 0.6 is 0 Å². The topological polar surface area (TPSA) is 224 Å². The van der Waals surface area contributed by atoms with Crippen molar-refractivity contribution in [2.24, 2.45) is 10.8 Å². The van der Waals surface area contributed by atoms with Crippen LogP contribution < -0.4 is 26.3 Å². The van der Waals surface area contributed by atoms with Gasteiger partial charge in [-0.15, -0.1) is 0 Å². The highest BCUT2D eigenvalue weighted by molar-refractivity contribution is 5.87. The predicted octanol–water partition coefficient (Wildman–Crippen LogP) is 6.58. The number of hydrogen-bond donors (Lipinski definition) is 4. The van der Waals surface area contributed by atoms with Crippen LogP contribution in [0.2, 0.25) is 0 Å². The van der Waals surface area contributed by atoms with E-state index in [4.69, 9.17) is 9.47 Å². The lowest BCUT2D eigenvalue weighted by Gasteiger charge is -2.47. The lowest BCUT2D eigenvalue weighted by Crippen LogP contribution is -2.64. The third-order valence-corrected chi connectivity index (χ3v) is 14.9. The number of carbonyl (C=O) groups excluding carboxylic acids is 5. The summed E-state index contributed by atoms with van der Waals surface area (Å²) in [5.74, 6) is -0.826. The summed E-state index contributed by atoms with van der Waals surface area (Å²) in [5.41, 5.74) is -4.71. The molecule has 0 saturated carbocycles. The summed E-state index contributed by atoms with van der Waals surface area (Å²) in [5, 5.41) is 10.1. The van der Waals surface area contributed by atoms with E-state index in [2.05, 4.69) is 56.9 Å². The van der Waals surface area contributed by atoms with Gasteiger partial charge in [-0.05, 0) is 82.9 Å². The predicted molar refractivity (Wildman–Crippen MR) is 277 cm³/mol. The van der Waals surface area contributed by atoms with Crippen molar-refractivity contribution >= 4 is 35.9 Å². The minimum Gasteiger partial charge on any atom is -0.459 e. The zero-order valence-electron chi connectivity index (χ0n) is 46.3. The van der Waals surface area contributed by atoms with Gasteiger partial charge < -0.3 is 39.8 Å². The van der Waals surface area contributed by atoms with Gasteiger partial charge in [0, 0.05) is 73.9 Å². The van der Waals surface area contributed by atoms with Gasteiger partial charge in [0.1, 0.15) is 29.8 Å². The van der Waals surface area contributed by atoms with E-state index in [0.29, 0.717) is 80.0 Å². The smallest absolute Gasteiger partial charge is 0.407 e. The van der Waals surface area contributed by atoms with Crippen molar-refractivity contribution in [3.8, 4) is 23.1 Å². The molecule has 84 heavy (non-hydrogen) atoms. The number of carbonyl (C=O) groups is 5. The van der Waals surface area contributed by atoms with Gasteiger partial charge in [-0.2, -0.15) is 40.2 Å². The van der Waals surface area contributed by atoms with Gasteiger partial charge in [0.25, 0.3) is 5.91 Å². The number of nitrogens with zero attached hydrogens (tertiary/aromatic N) is 7. The Morgan fingerprint density at radius 1 is 0.762 bits per heavy atom. The van der Waals surface area contributed by atoms with Crippen LogP contribution in [-0.4, -0.2) is 161 Å². The molecule has 4 N–H and O–H groups in total. The van der Waals surface area contributed by atoms with Gasteiger partial charge in [-0.25, -0.2) is 38.0 Å². The maximum Gasteiger partial charge on any atom is 0.407 e. The van der Waals surface area contributed by atoms with Crippen molar-refractivity contribution in [2.45, 2.75) is 122 Å². The third-order valence-electron chi connectivity index (χ3n) is 14.9. The van der Waals surface area contributed by atoms with E-state index >= 15 is 8.78 Å². The fraction of sp³-hybridized carbons (Fsp3) is 0.519. The SMILES string of the molecule is COC(=O)NC(C(=O)N[C@@H](Cc1ccc(C#Cc2cnc(N3CC4CCC(C3)N4C3COC3)nc2)cc1)[C@H](CN(Cc1c(F)cc(-c2ccn(C(F)F)n2)cc1F)NC(=O)[C@@H](NC(=O)OC)C(C)(C)C(F)(F)F)OC(C)=O)C(C)(C)C(F)(F)F. The fourth-order valence-electron chi connectivity index (χ4n) is 9.87. The average molecular weight is 1200 g/mol. The molecule has 6 atom stereocenters. The second-order valence-electron chi connectivity index (χ2n) is 21.4. The molecular formula is C54H61F10N11O9. The number of methoxy groups -OCH3 is 2. The molecule has 4 aromatic rings. The number of anilines is 1. The third kappa shape index (κ3) is 14.9. The Morgan fingerprint density at radius 2 is 1.30 bits per heavy atom. The second-order valence-corrected chi connectivity index (χ2v) is 21.4. The standard InChI is InChI=1S/C54H61F10N11O9/c1-29(76)84-42(26-73(71-46(78)44(69-50(80)82-7)52(4,5)54(62,63)64)25-37-38(55)19-33(20-39(37)56)40-16-17-74(70-40)47(57)58)41(67-45(77)43(68-49(79)81-6)51(2,3)53(59,60)61)18-31-11-8-30(9-12-31)10-13-32-21-65-48(66-22-32)72-23-34-14-15-35(24-72)75(34)36-27-83-28-36/h8-9,11-12,16-17,19-22,34-36,41-44,47H,14-15,18,23-28H2,1-7H3,(H,67,77)(H,68,79)(H,69,80)(H,71,78)/t34?,35?,41-,42-,43?,44+/m0/s1. The number of alkyl halides is 8. The number of ether oxygens (including phenoxy) is 4. The molecule has 3 aliphatic rings. The van der Waals surface area contributed by atoms with Crippen molar-refractivity contribution in [1.29, 1.82) is 0 Å². The molecule has 0 radical (unpaired) electrons. The Bertz CT molecular complexity index is 3040. The van der Waals surface area contributed by atoms with Gasteiger partial charge in [-0.3, -0.25) is 24.7 Å². The van der Waals surface area contributed by atoms with Crippen LogP contribution in [-0.2, 0) is 46.3 Å². The van der Waals surface area contributed by atoms with E-state index in [-0.39, 0.29) is 21.5 Å². The number of halogens is 10. The Hall–Kier alpha value is -7.78. The molecule has 30 heteroatoms. The summed E-state index contributed by atoms with van der Waals surface area (Å²) in [7, 11) is 1.59. The zero-order valence-corrected chi connectivity index (χ0v) is 46.3. The minimum absolute atomic E-state index is 0.191. The molecule has 3 unspecified atom stereocenters. The van der Waals surface area contributed by atoms with Crippen LogP contribution in [0.1, 0.15) is 76.3 Å². The van der Waals surface area contributed by atoms with Crippen molar-refractivity contribution in [3.63, 3.8) is 0 Å². The largest absolute Gasteiger partial charge is 0.459 e. The van der Waals surface area contributed by atoms with E-state index in [9.17, 15) is 59.1 Å². The molecule has 3 aliphatic heterocycles. The first-order valence-electron chi connectivity index (χ1n) is 26.1. The van der Waals surface area contributed by atoms with E-state index < -0.39 is 121 Å². The molecule has 2 aromatic heterocycles. The van der Waals surface area contributed by atoms with Crippen LogP contribution in [0.3, 0.4) is 0 Å². The van der Waals surface area contributed by atoms with E-state index in [1.165, 1.54) is 24.3 Å². The number of benzene rings is 2. The zero-order chi connectivity index (χ0) is 61.6. The molecule has 20 nitrogen and oxygen atoms in total. The summed E-state index contributed by atoms with van der Waals surface area (Å²) < 4.78 is 168. The highest BCUT2D eigenvalue weighted by Gasteiger charge is 2.57. The molecule has 4 amide bonds. The average Bonchev–Trinajstić information content (AvgIpc) is 2.35. The minimum atomic E-state index is -5.26. The van der Waals surface area contributed by atoms with Crippen LogP contribution in [0.5, 0.6) is 0 Å². The summed E-state index contributed by atoms with van der Waals surface area (Å²) >= 11 is 0. The van der Waals surface area contributed by atoms with E-state index in [1.807, 2.05) is 5.32 Å². The number of fused-ring (bicyclic) bond motifs is 2. The van der Waals surface area contributed by atoms with Gasteiger partial charge in [0.2, 0.25) is 11.9 Å². The number of nitrogens with one attached hydrogen (secondary N) is 4. The van der Waals surface area contributed by atoms with Crippen molar-refractivity contribution in [3.05, 3.63) is 94.9 Å². The van der Waals surface area contributed by atoms with Gasteiger partial charge >= 0.3 is 37.1 Å². The van der Waals surface area contributed by atoms with Gasteiger partial charge in [-0.1, -0.05) is 24.0 Å². The number of rotatable bonds is 20. The summed E-state index contributed by atoms with van der Waals surface area (Å²) in [6, 6.07) is 2.57. The van der Waals surface area contributed by atoms with Gasteiger partial charge in [0.15, 0.2) is 0 Å². The highest BCUT2D eigenvalue weighted by Crippen LogP contribution is 2.42. The molecule has 2 bridgehead atoms.